The number of amides is 1. The zero-order valence-corrected chi connectivity index (χ0v) is 18.2. The van der Waals surface area contributed by atoms with Crippen LogP contribution in [0.4, 0.5) is 9.18 Å². The molecule has 27 heavy (non-hydrogen) atoms. The summed E-state index contributed by atoms with van der Waals surface area (Å²) in [5.74, 6) is 0. The number of carbonyl (C=O) groups is 1. The summed E-state index contributed by atoms with van der Waals surface area (Å²) in [6.45, 7) is 13.5. The van der Waals surface area contributed by atoms with Crippen molar-refractivity contribution >= 4 is 17.9 Å². The first-order valence-electron chi connectivity index (χ1n) is 9.27. The van der Waals surface area contributed by atoms with Crippen LogP contribution in [0.25, 0.3) is 0 Å². The maximum absolute atomic E-state index is 14.0. The number of hydrogen-bond donors (Lipinski definition) is 3. The summed E-state index contributed by atoms with van der Waals surface area (Å²) < 4.78 is 35.7. The molecule has 0 fully saturated rings. The van der Waals surface area contributed by atoms with E-state index in [2.05, 4.69) is 44.0 Å². The molecule has 2 N–H and O–H groups in total. The standard InChI is InChI=1S/C18H37FN2O5S/c1-17(2,3)21-6-7-23-8-9-24-10-11-25-12-13-26-18(4,5)15(19)14-20-16(22)27/h15,21H,6-14H2,1-5H3,(H2,20,22,27). The molecule has 0 saturated carbocycles. The van der Waals surface area contributed by atoms with Gasteiger partial charge in [0.15, 0.2) is 0 Å². The number of hydrogen-bond acceptors (Lipinski definition) is 6. The number of halogens is 1. The second-order valence-electron chi connectivity index (χ2n) is 7.62. The molecule has 1 amide bonds. The number of rotatable bonds is 16. The highest BCUT2D eigenvalue weighted by atomic mass is 32.1. The van der Waals surface area contributed by atoms with E-state index in [1.807, 2.05) is 0 Å². The van der Waals surface area contributed by atoms with Gasteiger partial charge in [0.25, 0.3) is 5.24 Å². The molecule has 0 aliphatic heterocycles. The van der Waals surface area contributed by atoms with Crippen LogP contribution >= 0.6 is 12.6 Å². The molecule has 0 aromatic heterocycles. The minimum Gasteiger partial charge on any atom is -0.378 e. The fourth-order valence-electron chi connectivity index (χ4n) is 1.92. The van der Waals surface area contributed by atoms with Crippen LogP contribution in [0.15, 0.2) is 0 Å². The summed E-state index contributed by atoms with van der Waals surface area (Å²) in [6, 6.07) is 0. The van der Waals surface area contributed by atoms with Crippen molar-refractivity contribution in [1.82, 2.24) is 10.6 Å². The Labute approximate surface area is 168 Å². The topological polar surface area (TPSA) is 78.1 Å². The van der Waals surface area contributed by atoms with Gasteiger partial charge in [0.05, 0.1) is 58.4 Å². The van der Waals surface area contributed by atoms with E-state index in [0.717, 1.165) is 6.54 Å². The fraction of sp³-hybridized carbons (Fsp3) is 0.944. The van der Waals surface area contributed by atoms with Gasteiger partial charge >= 0.3 is 0 Å². The summed E-state index contributed by atoms with van der Waals surface area (Å²) in [5.41, 5.74) is -0.918. The van der Waals surface area contributed by atoms with Gasteiger partial charge < -0.3 is 29.6 Å². The average Bonchev–Trinajstić information content (AvgIpc) is 2.55. The van der Waals surface area contributed by atoms with E-state index in [1.165, 1.54) is 0 Å². The van der Waals surface area contributed by atoms with Crippen LogP contribution in [-0.4, -0.2) is 81.9 Å². The zero-order chi connectivity index (χ0) is 20.8. The molecule has 0 spiro atoms. The van der Waals surface area contributed by atoms with Crippen LogP contribution in [0.5, 0.6) is 0 Å². The molecule has 0 aromatic rings. The highest BCUT2D eigenvalue weighted by Crippen LogP contribution is 2.17. The van der Waals surface area contributed by atoms with Crippen molar-refractivity contribution in [2.75, 3.05) is 59.3 Å². The van der Waals surface area contributed by atoms with Crippen LogP contribution in [-0.2, 0) is 18.9 Å². The van der Waals surface area contributed by atoms with Gasteiger partial charge in [0.2, 0.25) is 0 Å². The third-order valence-electron chi connectivity index (χ3n) is 3.53. The maximum Gasteiger partial charge on any atom is 0.276 e. The first-order chi connectivity index (χ1) is 12.5. The molecule has 7 nitrogen and oxygen atoms in total. The van der Waals surface area contributed by atoms with E-state index in [-0.39, 0.29) is 18.7 Å². The Morgan fingerprint density at radius 2 is 1.41 bits per heavy atom. The molecule has 0 saturated heterocycles. The van der Waals surface area contributed by atoms with Crippen molar-refractivity contribution in [2.24, 2.45) is 0 Å². The molecule has 162 valence electrons. The monoisotopic (exact) mass is 412 g/mol. The van der Waals surface area contributed by atoms with Gasteiger partial charge in [0, 0.05) is 12.1 Å². The minimum atomic E-state index is -1.34. The molecule has 0 bridgehead atoms. The van der Waals surface area contributed by atoms with Crippen LogP contribution < -0.4 is 10.6 Å². The van der Waals surface area contributed by atoms with E-state index in [0.29, 0.717) is 39.6 Å². The third-order valence-corrected chi connectivity index (χ3v) is 3.69. The quantitative estimate of drug-likeness (QED) is 0.266. The van der Waals surface area contributed by atoms with E-state index in [1.54, 1.807) is 13.8 Å². The number of ether oxygens (including phenoxy) is 4. The molecule has 1 atom stereocenters. The summed E-state index contributed by atoms with van der Waals surface area (Å²) in [5, 5.41) is 5.09. The molecule has 0 aliphatic carbocycles. The normalized spacial score (nSPS) is 13.6. The van der Waals surface area contributed by atoms with E-state index < -0.39 is 17.0 Å². The predicted molar refractivity (Wildman–Crippen MR) is 108 cm³/mol. The largest absolute Gasteiger partial charge is 0.378 e. The lowest BCUT2D eigenvalue weighted by atomic mass is 10.0. The van der Waals surface area contributed by atoms with E-state index in [4.69, 9.17) is 18.9 Å². The van der Waals surface area contributed by atoms with Gasteiger partial charge in [0.1, 0.15) is 6.17 Å². The Balaban J connectivity index is 3.45. The van der Waals surface area contributed by atoms with E-state index in [9.17, 15) is 9.18 Å². The Hall–Kier alpha value is -0.450. The Bertz CT molecular complexity index is 394. The van der Waals surface area contributed by atoms with E-state index >= 15 is 0 Å². The molecule has 0 rings (SSSR count). The molecule has 0 aliphatic rings. The molecule has 0 radical (unpaired) electrons. The Morgan fingerprint density at radius 3 is 1.89 bits per heavy atom. The SMILES string of the molecule is CC(C)(C)NCCOCCOCCOCCOC(C)(C)C(F)CNC(=O)S. The lowest BCUT2D eigenvalue weighted by molar-refractivity contribution is -0.0893. The Kier molecular flexibility index (Phi) is 14.3. The molecule has 1 unspecified atom stereocenters. The van der Waals surface area contributed by atoms with Crippen LogP contribution in [0.3, 0.4) is 0 Å². The molecule has 0 aromatic carbocycles. The van der Waals surface area contributed by atoms with Gasteiger partial charge in [-0.1, -0.05) is 12.6 Å². The van der Waals surface area contributed by atoms with Crippen molar-refractivity contribution in [1.29, 1.82) is 0 Å². The summed E-state index contributed by atoms with van der Waals surface area (Å²) in [7, 11) is 0. The zero-order valence-electron chi connectivity index (χ0n) is 17.3. The molecule has 0 heterocycles. The fourth-order valence-corrected chi connectivity index (χ4v) is 2.01. The molecule has 9 heteroatoms. The predicted octanol–water partition coefficient (Wildman–Crippen LogP) is 2.20. The lowest BCUT2D eigenvalue weighted by Gasteiger charge is -2.29. The highest BCUT2D eigenvalue weighted by Gasteiger charge is 2.30. The van der Waals surface area contributed by atoms with Gasteiger partial charge in [-0.25, -0.2) is 4.39 Å². The average molecular weight is 413 g/mol. The van der Waals surface area contributed by atoms with Gasteiger partial charge in [-0.3, -0.25) is 4.79 Å². The first kappa shape index (κ1) is 26.6. The van der Waals surface area contributed by atoms with Crippen molar-refractivity contribution in [3.8, 4) is 0 Å². The number of nitrogens with one attached hydrogen (secondary N) is 2. The number of alkyl halides is 1. The highest BCUT2D eigenvalue weighted by molar-refractivity contribution is 7.96. The second kappa shape index (κ2) is 14.5. The van der Waals surface area contributed by atoms with Crippen molar-refractivity contribution in [3.63, 3.8) is 0 Å². The van der Waals surface area contributed by atoms with Crippen LogP contribution in [0.1, 0.15) is 34.6 Å². The molecular formula is C18H37FN2O5S. The smallest absolute Gasteiger partial charge is 0.276 e. The lowest BCUT2D eigenvalue weighted by Crippen LogP contribution is -2.43. The van der Waals surface area contributed by atoms with Crippen LogP contribution in [0.2, 0.25) is 0 Å². The van der Waals surface area contributed by atoms with Crippen molar-refractivity contribution < 1.29 is 28.1 Å². The van der Waals surface area contributed by atoms with Gasteiger partial charge in [-0.05, 0) is 34.6 Å². The third kappa shape index (κ3) is 17.4. The number of carbonyl (C=O) groups excluding carboxylic acids is 1. The van der Waals surface area contributed by atoms with Crippen molar-refractivity contribution in [3.05, 3.63) is 0 Å². The minimum absolute atomic E-state index is 0.101. The summed E-state index contributed by atoms with van der Waals surface area (Å²) in [4.78, 5) is 10.7. The summed E-state index contributed by atoms with van der Waals surface area (Å²) >= 11 is 3.53. The molecular weight excluding hydrogens is 375 g/mol. The van der Waals surface area contributed by atoms with Crippen molar-refractivity contribution in [2.45, 2.75) is 51.9 Å². The first-order valence-corrected chi connectivity index (χ1v) is 9.72. The second-order valence-corrected chi connectivity index (χ2v) is 8.03. The van der Waals surface area contributed by atoms with Gasteiger partial charge in [-0.15, -0.1) is 0 Å². The maximum atomic E-state index is 14.0. The Morgan fingerprint density at radius 1 is 0.926 bits per heavy atom. The summed E-state index contributed by atoms with van der Waals surface area (Å²) in [6.07, 6.45) is -1.34. The number of thiol groups is 1. The van der Waals surface area contributed by atoms with Crippen LogP contribution in [0, 0.1) is 0 Å². The van der Waals surface area contributed by atoms with Gasteiger partial charge in [-0.2, -0.15) is 0 Å².